The number of nitrogens with one attached hydrogen (secondary N) is 1. The van der Waals surface area contributed by atoms with Crippen molar-refractivity contribution in [2.45, 2.75) is 12.5 Å². The minimum Gasteiger partial charge on any atom is -0.385 e. The molecule has 2 aromatic carbocycles. The summed E-state index contributed by atoms with van der Waals surface area (Å²) in [6, 6.07) is 16.7. The van der Waals surface area contributed by atoms with Crippen molar-refractivity contribution in [1.82, 2.24) is 9.97 Å². The van der Waals surface area contributed by atoms with E-state index in [1.807, 2.05) is 36.4 Å². The Labute approximate surface area is 115 Å². The largest absolute Gasteiger partial charge is 0.385 e. The van der Waals surface area contributed by atoms with Crippen molar-refractivity contribution < 1.29 is 5.11 Å². The molecule has 4 heteroatoms. The van der Waals surface area contributed by atoms with E-state index in [1.54, 1.807) is 18.2 Å². The number of hydrogen-bond donors (Lipinski definition) is 2. The number of H-pyrrole nitrogens is 1. The smallest absolute Gasteiger partial charge is 0.258 e. The predicted molar refractivity (Wildman–Crippen MR) is 77.5 cm³/mol. The number of aromatic amines is 1. The van der Waals surface area contributed by atoms with Gasteiger partial charge in [-0.3, -0.25) is 4.79 Å². The van der Waals surface area contributed by atoms with Gasteiger partial charge in [0.15, 0.2) is 0 Å². The van der Waals surface area contributed by atoms with Crippen LogP contribution in [-0.4, -0.2) is 15.1 Å². The number of fused-ring (bicyclic) bond motifs is 1. The van der Waals surface area contributed by atoms with Gasteiger partial charge in [-0.1, -0.05) is 42.5 Å². The van der Waals surface area contributed by atoms with Gasteiger partial charge >= 0.3 is 0 Å². The second kappa shape index (κ2) is 5.27. The van der Waals surface area contributed by atoms with Crippen molar-refractivity contribution in [1.29, 1.82) is 0 Å². The fraction of sp³-hybridized carbons (Fsp3) is 0.125. The van der Waals surface area contributed by atoms with Gasteiger partial charge in [0.1, 0.15) is 11.9 Å². The van der Waals surface area contributed by atoms with Gasteiger partial charge in [-0.2, -0.15) is 0 Å². The van der Waals surface area contributed by atoms with E-state index in [-0.39, 0.29) is 5.56 Å². The molecule has 0 saturated heterocycles. The summed E-state index contributed by atoms with van der Waals surface area (Å²) in [6.45, 7) is 0. The highest BCUT2D eigenvalue weighted by Crippen LogP contribution is 2.15. The first-order valence-electron chi connectivity index (χ1n) is 6.45. The molecule has 0 aliphatic carbocycles. The van der Waals surface area contributed by atoms with Gasteiger partial charge in [0.25, 0.3) is 5.56 Å². The number of aliphatic hydroxyl groups is 1. The summed E-state index contributed by atoms with van der Waals surface area (Å²) in [6.07, 6.45) is -0.406. The lowest BCUT2D eigenvalue weighted by Crippen LogP contribution is -2.16. The summed E-state index contributed by atoms with van der Waals surface area (Å²) in [7, 11) is 0. The van der Waals surface area contributed by atoms with Crippen LogP contribution in [0.25, 0.3) is 10.9 Å². The topological polar surface area (TPSA) is 66.0 Å². The number of rotatable bonds is 3. The second-order valence-corrected chi connectivity index (χ2v) is 4.67. The molecule has 0 spiro atoms. The molecule has 100 valence electrons. The normalized spacial score (nSPS) is 12.4. The Morgan fingerprint density at radius 2 is 1.75 bits per heavy atom. The SMILES string of the molecule is O=c1[nH]c([C@@H](O)Cc2ccccc2)nc2ccccc12. The van der Waals surface area contributed by atoms with Crippen LogP contribution in [-0.2, 0) is 6.42 Å². The van der Waals surface area contributed by atoms with Crippen LogP contribution in [0.15, 0.2) is 59.4 Å². The van der Waals surface area contributed by atoms with Gasteiger partial charge in [0.2, 0.25) is 0 Å². The standard InChI is InChI=1S/C16H14N2O2/c19-14(10-11-6-2-1-3-7-11)15-17-13-9-5-4-8-12(13)16(20)18-15/h1-9,14,19H,10H2,(H,17,18,20)/t14-/m0/s1. The molecule has 3 rings (SSSR count). The number of benzene rings is 2. The quantitative estimate of drug-likeness (QED) is 0.763. The van der Waals surface area contributed by atoms with E-state index in [0.717, 1.165) is 5.56 Å². The first-order chi connectivity index (χ1) is 9.74. The molecule has 0 radical (unpaired) electrons. The third-order valence-corrected chi connectivity index (χ3v) is 3.22. The molecule has 0 amide bonds. The third kappa shape index (κ3) is 2.46. The van der Waals surface area contributed by atoms with Crippen molar-refractivity contribution in [2.24, 2.45) is 0 Å². The second-order valence-electron chi connectivity index (χ2n) is 4.67. The molecule has 0 aliphatic heterocycles. The van der Waals surface area contributed by atoms with Gasteiger partial charge < -0.3 is 10.1 Å². The summed E-state index contributed by atoms with van der Waals surface area (Å²) in [4.78, 5) is 18.9. The minimum absolute atomic E-state index is 0.224. The first-order valence-corrected chi connectivity index (χ1v) is 6.45. The number of aliphatic hydroxyl groups excluding tert-OH is 1. The lowest BCUT2D eigenvalue weighted by Gasteiger charge is -2.10. The minimum atomic E-state index is -0.824. The van der Waals surface area contributed by atoms with E-state index >= 15 is 0 Å². The maximum absolute atomic E-state index is 11.9. The van der Waals surface area contributed by atoms with E-state index in [1.165, 1.54) is 0 Å². The first kappa shape index (κ1) is 12.6. The Kier molecular flexibility index (Phi) is 3.31. The highest BCUT2D eigenvalue weighted by molar-refractivity contribution is 5.77. The Hall–Kier alpha value is -2.46. The lowest BCUT2D eigenvalue weighted by molar-refractivity contribution is 0.168. The van der Waals surface area contributed by atoms with Gasteiger partial charge in [-0.25, -0.2) is 4.98 Å². The van der Waals surface area contributed by atoms with Crippen LogP contribution in [0.5, 0.6) is 0 Å². The van der Waals surface area contributed by atoms with Crippen molar-refractivity contribution in [2.75, 3.05) is 0 Å². The van der Waals surface area contributed by atoms with Crippen LogP contribution >= 0.6 is 0 Å². The Morgan fingerprint density at radius 1 is 1.05 bits per heavy atom. The van der Waals surface area contributed by atoms with E-state index in [4.69, 9.17) is 0 Å². The van der Waals surface area contributed by atoms with Crippen LogP contribution in [0.2, 0.25) is 0 Å². The van der Waals surface area contributed by atoms with Crippen LogP contribution in [0.1, 0.15) is 17.5 Å². The zero-order valence-electron chi connectivity index (χ0n) is 10.8. The summed E-state index contributed by atoms with van der Waals surface area (Å²) in [5.74, 6) is 0.303. The molecular formula is C16H14N2O2. The van der Waals surface area contributed by atoms with Crippen LogP contribution in [0, 0.1) is 0 Å². The molecule has 1 heterocycles. The van der Waals surface area contributed by atoms with Crippen LogP contribution < -0.4 is 5.56 Å². The van der Waals surface area contributed by atoms with Gasteiger partial charge in [-0.15, -0.1) is 0 Å². The van der Waals surface area contributed by atoms with E-state index in [0.29, 0.717) is 23.1 Å². The molecule has 0 bridgehead atoms. The molecule has 0 aliphatic rings. The molecule has 20 heavy (non-hydrogen) atoms. The number of nitrogens with zero attached hydrogens (tertiary/aromatic N) is 1. The Balaban J connectivity index is 1.96. The van der Waals surface area contributed by atoms with E-state index in [9.17, 15) is 9.90 Å². The van der Waals surface area contributed by atoms with Gasteiger partial charge in [-0.05, 0) is 17.7 Å². The lowest BCUT2D eigenvalue weighted by atomic mass is 10.1. The summed E-state index contributed by atoms with van der Waals surface area (Å²) in [5.41, 5.74) is 1.37. The van der Waals surface area contributed by atoms with Crippen molar-refractivity contribution in [3.8, 4) is 0 Å². The highest BCUT2D eigenvalue weighted by Gasteiger charge is 2.13. The summed E-state index contributed by atoms with van der Waals surface area (Å²) < 4.78 is 0. The average Bonchev–Trinajstić information content (AvgIpc) is 2.48. The summed E-state index contributed by atoms with van der Waals surface area (Å²) >= 11 is 0. The number of aromatic nitrogens is 2. The number of hydrogen-bond acceptors (Lipinski definition) is 3. The maximum atomic E-state index is 11.9. The van der Waals surface area contributed by atoms with Crippen molar-refractivity contribution in [3.63, 3.8) is 0 Å². The van der Waals surface area contributed by atoms with E-state index in [2.05, 4.69) is 9.97 Å². The molecule has 0 fully saturated rings. The molecule has 4 nitrogen and oxygen atoms in total. The van der Waals surface area contributed by atoms with Crippen LogP contribution in [0.4, 0.5) is 0 Å². The molecule has 0 saturated carbocycles. The van der Waals surface area contributed by atoms with Crippen molar-refractivity contribution in [3.05, 3.63) is 76.3 Å². The summed E-state index contributed by atoms with van der Waals surface area (Å²) in [5, 5.41) is 10.8. The molecule has 1 aromatic heterocycles. The molecule has 0 unspecified atom stereocenters. The monoisotopic (exact) mass is 266 g/mol. The van der Waals surface area contributed by atoms with Gasteiger partial charge in [0, 0.05) is 6.42 Å². The highest BCUT2D eigenvalue weighted by atomic mass is 16.3. The Morgan fingerprint density at radius 3 is 2.55 bits per heavy atom. The maximum Gasteiger partial charge on any atom is 0.258 e. The third-order valence-electron chi connectivity index (χ3n) is 3.22. The van der Waals surface area contributed by atoms with Gasteiger partial charge in [0.05, 0.1) is 10.9 Å². The molecular weight excluding hydrogens is 252 g/mol. The van der Waals surface area contributed by atoms with Crippen molar-refractivity contribution >= 4 is 10.9 Å². The zero-order valence-corrected chi connectivity index (χ0v) is 10.8. The fourth-order valence-corrected chi connectivity index (χ4v) is 2.20. The molecule has 1 atom stereocenters. The Bertz CT molecular complexity index is 781. The zero-order chi connectivity index (χ0) is 13.9. The average molecular weight is 266 g/mol. The molecule has 2 N–H and O–H groups in total. The van der Waals surface area contributed by atoms with Crippen LogP contribution in [0.3, 0.4) is 0 Å². The fourth-order valence-electron chi connectivity index (χ4n) is 2.20. The number of para-hydroxylation sites is 1. The van der Waals surface area contributed by atoms with E-state index < -0.39 is 6.10 Å². The predicted octanol–water partition coefficient (Wildman–Crippen LogP) is 2.20. The molecule has 3 aromatic rings.